The van der Waals surface area contributed by atoms with E-state index in [1.165, 1.54) is 0 Å². The first-order valence-corrected chi connectivity index (χ1v) is 7.61. The maximum absolute atomic E-state index is 10.0. The molecule has 0 unspecified atom stereocenters. The van der Waals surface area contributed by atoms with Gasteiger partial charge in [-0.15, -0.1) is 0 Å². The zero-order valence-corrected chi connectivity index (χ0v) is 14.0. The molecule has 2 rings (SSSR count). The smallest absolute Gasteiger partial charge is 0.320 e. The van der Waals surface area contributed by atoms with Gasteiger partial charge in [-0.25, -0.2) is 0 Å². The number of rotatable bonds is 6. The van der Waals surface area contributed by atoms with Crippen molar-refractivity contribution in [3.05, 3.63) is 71.8 Å². The van der Waals surface area contributed by atoms with Gasteiger partial charge in [-0.1, -0.05) is 60.7 Å². The fourth-order valence-corrected chi connectivity index (χ4v) is 1.47. The first kappa shape index (κ1) is 22.7. The minimum absolute atomic E-state index is 0.0231. The van der Waals surface area contributed by atoms with Gasteiger partial charge in [-0.05, 0) is 6.42 Å². The largest absolute Gasteiger partial charge is 0.481 e. The third-order valence-electron chi connectivity index (χ3n) is 2.86. The molecule has 26 heavy (non-hydrogen) atoms. The number of hydrogen-bond acceptors (Lipinski definition) is 5. The Kier molecular flexibility index (Phi) is 12.3. The van der Waals surface area contributed by atoms with Crippen LogP contribution in [0.25, 0.3) is 0 Å². The summed E-state index contributed by atoms with van der Waals surface area (Å²) in [6.45, 7) is 0. The molecule has 0 fully saturated rings. The molecule has 0 amide bonds. The molecule has 2 aromatic rings. The molecular formula is C19H21NO6. The highest BCUT2D eigenvalue weighted by Crippen LogP contribution is 1.94. The Bertz CT molecular complexity index is 629. The molecule has 2 aromatic carbocycles. The molecule has 0 aliphatic heterocycles. The van der Waals surface area contributed by atoms with Gasteiger partial charge in [0.05, 0.1) is 0 Å². The van der Waals surface area contributed by atoms with Crippen LogP contribution < -0.4 is 5.73 Å². The van der Waals surface area contributed by atoms with E-state index in [2.05, 4.69) is 0 Å². The highest BCUT2D eigenvalue weighted by Gasteiger charge is 2.12. The second kappa shape index (κ2) is 14.1. The lowest BCUT2D eigenvalue weighted by Gasteiger charge is -2.01. The van der Waals surface area contributed by atoms with Gasteiger partial charge >= 0.3 is 11.9 Å². The summed E-state index contributed by atoms with van der Waals surface area (Å²) < 4.78 is 0. The first-order chi connectivity index (χ1) is 12.4. The van der Waals surface area contributed by atoms with E-state index in [0.29, 0.717) is 0 Å². The molecule has 4 N–H and O–H groups in total. The van der Waals surface area contributed by atoms with E-state index in [-0.39, 0.29) is 12.8 Å². The van der Waals surface area contributed by atoms with Crippen LogP contribution in [0.3, 0.4) is 0 Å². The highest BCUT2D eigenvalue weighted by molar-refractivity contribution is 5.75. The van der Waals surface area contributed by atoms with E-state index >= 15 is 0 Å². The van der Waals surface area contributed by atoms with Crippen molar-refractivity contribution in [3.63, 3.8) is 0 Å². The Balaban J connectivity index is 0.000000363. The summed E-state index contributed by atoms with van der Waals surface area (Å²) in [6, 6.07) is 17.1. The van der Waals surface area contributed by atoms with Crippen LogP contribution in [0, 0.1) is 0 Å². The lowest BCUT2D eigenvalue weighted by Crippen LogP contribution is -2.30. The molecule has 7 heteroatoms. The number of carbonyl (C=O) groups excluding carboxylic acids is 2. The number of hydrogen-bond donors (Lipinski definition) is 3. The van der Waals surface area contributed by atoms with Crippen molar-refractivity contribution in [2.45, 2.75) is 18.9 Å². The summed E-state index contributed by atoms with van der Waals surface area (Å²) >= 11 is 0. The molecule has 0 saturated carbocycles. The zero-order valence-electron chi connectivity index (χ0n) is 14.0. The van der Waals surface area contributed by atoms with Crippen LogP contribution in [0.4, 0.5) is 0 Å². The molecule has 0 spiro atoms. The van der Waals surface area contributed by atoms with Crippen LogP contribution in [0.15, 0.2) is 60.7 Å². The second-order valence-electron chi connectivity index (χ2n) is 4.93. The number of nitrogens with two attached hydrogens (primary N) is 1. The van der Waals surface area contributed by atoms with Crippen molar-refractivity contribution in [1.82, 2.24) is 0 Å². The van der Waals surface area contributed by atoms with Gasteiger partial charge in [0, 0.05) is 17.5 Å². The molecule has 0 aliphatic rings. The SMILES string of the molecule is N[C@@H](CCC(=O)O)C(=O)O.O=Cc1ccccc1.O=Cc1ccccc1. The molecule has 7 nitrogen and oxygen atoms in total. The van der Waals surface area contributed by atoms with Crippen LogP contribution in [0.5, 0.6) is 0 Å². The van der Waals surface area contributed by atoms with E-state index in [1.54, 1.807) is 24.3 Å². The number of aldehydes is 2. The summed E-state index contributed by atoms with van der Waals surface area (Å²) in [5, 5.41) is 16.3. The fraction of sp³-hybridized carbons (Fsp3) is 0.158. The van der Waals surface area contributed by atoms with E-state index in [1.807, 2.05) is 36.4 Å². The van der Waals surface area contributed by atoms with Crippen molar-refractivity contribution in [1.29, 1.82) is 0 Å². The van der Waals surface area contributed by atoms with Gasteiger partial charge in [0.25, 0.3) is 0 Å². The monoisotopic (exact) mass is 359 g/mol. The first-order valence-electron chi connectivity index (χ1n) is 7.61. The molecule has 0 heterocycles. The van der Waals surface area contributed by atoms with Crippen LogP contribution >= 0.6 is 0 Å². The molecule has 0 aliphatic carbocycles. The number of carboxylic acids is 2. The van der Waals surface area contributed by atoms with Gasteiger partial charge < -0.3 is 15.9 Å². The summed E-state index contributed by atoms with van der Waals surface area (Å²) in [4.78, 5) is 39.9. The van der Waals surface area contributed by atoms with Gasteiger partial charge in [-0.3, -0.25) is 19.2 Å². The van der Waals surface area contributed by atoms with Gasteiger partial charge in [0.2, 0.25) is 0 Å². The quantitative estimate of drug-likeness (QED) is 0.673. The topological polar surface area (TPSA) is 135 Å². The lowest BCUT2D eigenvalue weighted by atomic mass is 10.2. The summed E-state index contributed by atoms with van der Waals surface area (Å²) in [6.07, 6.45) is 1.44. The Labute approximate surface area is 151 Å². The number of carbonyl (C=O) groups is 4. The standard InChI is InChI=1S/2C7H6O.C5H9NO4/c2*8-6-7-4-2-1-3-5-7;6-3(5(9)10)1-2-4(7)8/h2*1-6H;3H,1-2,6H2,(H,7,8)(H,9,10)/t;;3-/m..0/s1. The average Bonchev–Trinajstić information content (AvgIpc) is 2.68. The van der Waals surface area contributed by atoms with Crippen LogP contribution in [-0.2, 0) is 9.59 Å². The third kappa shape index (κ3) is 12.1. The summed E-state index contributed by atoms with van der Waals surface area (Å²) in [7, 11) is 0. The number of carboxylic acid groups (broad SMARTS) is 2. The van der Waals surface area contributed by atoms with Gasteiger partial charge in [0.15, 0.2) is 0 Å². The fourth-order valence-electron chi connectivity index (χ4n) is 1.47. The molecule has 1 atom stereocenters. The predicted octanol–water partition coefficient (Wildman–Crippen LogP) is 2.26. The Morgan fingerprint density at radius 1 is 0.846 bits per heavy atom. The normalized spacial score (nSPS) is 10.0. The van der Waals surface area contributed by atoms with Crippen LogP contribution in [0.1, 0.15) is 33.6 Å². The maximum Gasteiger partial charge on any atom is 0.320 e. The van der Waals surface area contributed by atoms with Crippen molar-refractivity contribution < 1.29 is 29.4 Å². The molecule has 0 saturated heterocycles. The van der Waals surface area contributed by atoms with E-state index in [4.69, 9.17) is 15.9 Å². The van der Waals surface area contributed by atoms with Crippen LogP contribution in [0.2, 0.25) is 0 Å². The van der Waals surface area contributed by atoms with Crippen LogP contribution in [-0.4, -0.2) is 40.8 Å². The average molecular weight is 359 g/mol. The summed E-state index contributed by atoms with van der Waals surface area (Å²) in [5.74, 6) is -2.20. The van der Waals surface area contributed by atoms with Gasteiger partial charge in [-0.2, -0.15) is 0 Å². The van der Waals surface area contributed by atoms with E-state index < -0.39 is 18.0 Å². The maximum atomic E-state index is 10.0. The molecule has 0 bridgehead atoms. The van der Waals surface area contributed by atoms with Crippen molar-refractivity contribution >= 4 is 24.5 Å². The molecular weight excluding hydrogens is 338 g/mol. The van der Waals surface area contributed by atoms with Crippen molar-refractivity contribution in [2.24, 2.45) is 5.73 Å². The number of aliphatic carboxylic acids is 2. The van der Waals surface area contributed by atoms with Gasteiger partial charge in [0.1, 0.15) is 18.6 Å². The summed E-state index contributed by atoms with van der Waals surface area (Å²) in [5.41, 5.74) is 6.46. The minimum atomic E-state index is -1.17. The highest BCUT2D eigenvalue weighted by atomic mass is 16.4. The van der Waals surface area contributed by atoms with Crippen molar-refractivity contribution in [3.8, 4) is 0 Å². The lowest BCUT2D eigenvalue weighted by molar-refractivity contribution is -0.139. The Morgan fingerprint density at radius 2 is 1.23 bits per heavy atom. The Hall–Kier alpha value is -3.32. The van der Waals surface area contributed by atoms with E-state index in [0.717, 1.165) is 23.7 Å². The zero-order chi connectivity index (χ0) is 19.8. The Morgan fingerprint density at radius 3 is 1.46 bits per heavy atom. The van der Waals surface area contributed by atoms with E-state index in [9.17, 15) is 19.2 Å². The minimum Gasteiger partial charge on any atom is -0.481 e. The third-order valence-corrected chi connectivity index (χ3v) is 2.86. The molecule has 0 aromatic heterocycles. The molecule has 0 radical (unpaired) electrons. The predicted molar refractivity (Wildman–Crippen MR) is 96.1 cm³/mol. The van der Waals surface area contributed by atoms with Crippen molar-refractivity contribution in [2.75, 3.05) is 0 Å². The molecule has 138 valence electrons. The second-order valence-corrected chi connectivity index (χ2v) is 4.93. The number of benzene rings is 2.